The summed E-state index contributed by atoms with van der Waals surface area (Å²) in [6, 6.07) is 11.1. The Morgan fingerprint density at radius 3 is 2.33 bits per heavy atom. The number of ether oxygens (including phenoxy) is 2. The van der Waals surface area contributed by atoms with Crippen molar-refractivity contribution in [1.29, 1.82) is 0 Å². The Morgan fingerprint density at radius 1 is 1.04 bits per heavy atom. The number of nitrogens with zero attached hydrogens (tertiary/aromatic N) is 3. The van der Waals surface area contributed by atoms with E-state index in [1.165, 1.54) is 11.0 Å². The van der Waals surface area contributed by atoms with Crippen LogP contribution < -0.4 is 10.8 Å². The van der Waals surface area contributed by atoms with Crippen LogP contribution in [0.1, 0.15) is 91.7 Å². The molecule has 2 N–H and O–H groups in total. The Kier molecular flexibility index (Phi) is 9.94. The smallest absolute Gasteiger partial charge is 0.444 e. The van der Waals surface area contributed by atoms with Gasteiger partial charge in [-0.3, -0.25) is 9.69 Å². The fraction of sp³-hybridized carbons (Fsp3) is 0.526. The zero-order valence-electron chi connectivity index (χ0n) is 31.4. The number of carbonyl (C=O) groups excluding carboxylic acids is 3. The maximum Gasteiger partial charge on any atom is 0.494 e. The van der Waals surface area contributed by atoms with Gasteiger partial charge in [-0.25, -0.2) is 19.0 Å². The Bertz CT molecular complexity index is 1810. The van der Waals surface area contributed by atoms with Crippen LogP contribution in [0, 0.1) is 11.7 Å². The van der Waals surface area contributed by atoms with Gasteiger partial charge in [-0.1, -0.05) is 50.2 Å². The summed E-state index contributed by atoms with van der Waals surface area (Å²) in [4.78, 5) is 51.6. The molecule has 3 aromatic rings. The van der Waals surface area contributed by atoms with Crippen LogP contribution >= 0.6 is 0 Å². The maximum absolute atomic E-state index is 14.4. The second kappa shape index (κ2) is 13.9. The lowest BCUT2D eigenvalue weighted by Gasteiger charge is -2.32. The molecule has 52 heavy (non-hydrogen) atoms. The number of rotatable bonds is 7. The molecule has 1 unspecified atom stereocenters. The van der Waals surface area contributed by atoms with Gasteiger partial charge in [0.25, 0.3) is 0 Å². The molecule has 278 valence electrons. The molecule has 12 nitrogen and oxygen atoms in total. The van der Waals surface area contributed by atoms with Crippen molar-refractivity contribution in [3.63, 3.8) is 0 Å². The van der Waals surface area contributed by atoms with Crippen LogP contribution in [0.25, 0.3) is 11.3 Å². The zero-order valence-corrected chi connectivity index (χ0v) is 31.4. The molecule has 3 aliphatic rings. The number of aromatic amines is 1. The largest absolute Gasteiger partial charge is 0.494 e. The van der Waals surface area contributed by atoms with Gasteiger partial charge < -0.3 is 34.0 Å². The molecule has 3 amide bonds. The van der Waals surface area contributed by atoms with E-state index >= 15 is 0 Å². The Hall–Kier alpha value is -4.43. The van der Waals surface area contributed by atoms with E-state index in [0.717, 1.165) is 16.6 Å². The number of benzene rings is 2. The van der Waals surface area contributed by atoms with Gasteiger partial charge >= 0.3 is 19.3 Å². The molecule has 1 aromatic heterocycles. The fourth-order valence-electron chi connectivity index (χ4n) is 6.68. The molecule has 14 heteroatoms. The zero-order chi connectivity index (χ0) is 37.7. The number of amides is 3. The van der Waals surface area contributed by atoms with Crippen molar-refractivity contribution in [2.24, 2.45) is 5.92 Å². The molecule has 3 aliphatic heterocycles. The quantitative estimate of drug-likeness (QED) is 0.291. The molecule has 0 spiro atoms. The average molecular weight is 718 g/mol. The second-order valence-electron chi connectivity index (χ2n) is 16.2. The molecule has 4 heterocycles. The van der Waals surface area contributed by atoms with E-state index in [1.807, 2.05) is 65.8 Å². The van der Waals surface area contributed by atoms with Crippen LogP contribution in [-0.4, -0.2) is 80.5 Å². The number of alkyl carbamates (subject to hydrolysis) is 1. The van der Waals surface area contributed by atoms with E-state index in [4.69, 9.17) is 23.8 Å². The number of carbonyl (C=O) groups is 3. The van der Waals surface area contributed by atoms with Crippen LogP contribution in [0.4, 0.5) is 14.0 Å². The van der Waals surface area contributed by atoms with Gasteiger partial charge in [0.2, 0.25) is 5.91 Å². The van der Waals surface area contributed by atoms with Crippen LogP contribution in [0.3, 0.4) is 0 Å². The predicted molar refractivity (Wildman–Crippen MR) is 193 cm³/mol. The first-order valence-electron chi connectivity index (χ1n) is 17.8. The third-order valence-electron chi connectivity index (χ3n) is 10.2. The molecule has 3 atom stereocenters. The first kappa shape index (κ1) is 37.3. The minimum absolute atomic E-state index is 0.0718. The highest BCUT2D eigenvalue weighted by Crippen LogP contribution is 2.38. The van der Waals surface area contributed by atoms with Crippen LogP contribution in [-0.2, 0) is 36.7 Å². The predicted octanol–water partition coefficient (Wildman–Crippen LogP) is 5.86. The number of likely N-dealkylation sites (tertiary alicyclic amines) is 1. The minimum atomic E-state index is -0.917. The van der Waals surface area contributed by atoms with Gasteiger partial charge in [0.1, 0.15) is 29.4 Å². The highest BCUT2D eigenvalue weighted by atomic mass is 19.1. The van der Waals surface area contributed by atoms with Crippen LogP contribution in [0.5, 0.6) is 0 Å². The van der Waals surface area contributed by atoms with Gasteiger partial charge in [-0.05, 0) is 71.5 Å². The number of halogens is 1. The number of fused-ring (bicyclic) bond motifs is 1. The SMILES string of the molecule is CC(C)C(NC(=O)OC(C)(C)C)C(=O)N1C[C@H](OC(=O)N2Cc3cccc(F)c3C2)C[C@H]1c1nc(-c2ccc(B3OC(C)(C)C(C)(C)O3)cc2)c[nH]1. The van der Waals surface area contributed by atoms with Crippen molar-refractivity contribution in [3.05, 3.63) is 71.4 Å². The van der Waals surface area contributed by atoms with Crippen LogP contribution in [0.15, 0.2) is 48.7 Å². The van der Waals surface area contributed by atoms with E-state index in [9.17, 15) is 18.8 Å². The molecule has 2 fully saturated rings. The molecule has 0 saturated carbocycles. The van der Waals surface area contributed by atoms with Crippen molar-refractivity contribution in [3.8, 4) is 11.3 Å². The monoisotopic (exact) mass is 717 g/mol. The number of imidazole rings is 1. The fourth-order valence-corrected chi connectivity index (χ4v) is 6.68. The third-order valence-corrected chi connectivity index (χ3v) is 10.2. The van der Waals surface area contributed by atoms with Gasteiger partial charge in [-0.2, -0.15) is 0 Å². The molecule has 2 aromatic carbocycles. The van der Waals surface area contributed by atoms with E-state index in [2.05, 4.69) is 10.3 Å². The molecule has 0 radical (unpaired) electrons. The lowest BCUT2D eigenvalue weighted by molar-refractivity contribution is -0.136. The Balaban J connectivity index is 1.22. The van der Waals surface area contributed by atoms with E-state index in [0.29, 0.717) is 17.1 Å². The number of aromatic nitrogens is 2. The second-order valence-corrected chi connectivity index (χ2v) is 16.2. The standard InChI is InChI=1S/C38H49BFN5O7/c1-22(2)31(43-34(47)50-36(3,4)5)33(46)45-20-26(49-35(48)44-19-24-11-10-12-28(40)27(24)21-44)17-30(45)32-41-18-29(42-32)23-13-15-25(16-14-23)39-51-37(6,7)38(8,9)52-39/h10-16,18,22,26,30-31H,17,19-21H2,1-9H3,(H,41,42)(H,43,47)/t26-,30+,31?/m1/s1. The number of hydrogen-bond acceptors (Lipinski definition) is 8. The average Bonchev–Trinajstić information content (AvgIpc) is 3.84. The van der Waals surface area contributed by atoms with Crippen molar-refractivity contribution in [1.82, 2.24) is 25.1 Å². The van der Waals surface area contributed by atoms with E-state index in [1.54, 1.807) is 44.0 Å². The maximum atomic E-state index is 14.4. The number of hydrogen-bond donors (Lipinski definition) is 2. The van der Waals surface area contributed by atoms with Gasteiger partial charge in [0.15, 0.2) is 0 Å². The summed E-state index contributed by atoms with van der Waals surface area (Å²) in [6.07, 6.45) is 0.0527. The summed E-state index contributed by atoms with van der Waals surface area (Å²) in [5.74, 6) is -0.494. The number of nitrogens with one attached hydrogen (secondary N) is 2. The minimum Gasteiger partial charge on any atom is -0.444 e. The Labute approximate surface area is 304 Å². The van der Waals surface area contributed by atoms with Crippen molar-refractivity contribution in [2.45, 2.75) is 117 Å². The summed E-state index contributed by atoms with van der Waals surface area (Å²) in [5, 5.41) is 2.75. The molecule has 6 rings (SSSR count). The molecule has 0 aliphatic carbocycles. The normalized spacial score (nSPS) is 21.3. The molecule has 2 saturated heterocycles. The summed E-state index contributed by atoms with van der Waals surface area (Å²) in [6.45, 7) is 17.4. The Morgan fingerprint density at radius 2 is 1.71 bits per heavy atom. The van der Waals surface area contributed by atoms with Crippen molar-refractivity contribution < 1.29 is 37.6 Å². The van der Waals surface area contributed by atoms with Gasteiger partial charge in [0.05, 0.1) is 36.0 Å². The lowest BCUT2D eigenvalue weighted by atomic mass is 9.79. The van der Waals surface area contributed by atoms with Crippen molar-refractivity contribution in [2.75, 3.05) is 6.54 Å². The van der Waals surface area contributed by atoms with Gasteiger partial charge in [0, 0.05) is 30.3 Å². The summed E-state index contributed by atoms with van der Waals surface area (Å²) in [7, 11) is -0.497. The summed E-state index contributed by atoms with van der Waals surface area (Å²) < 4.78 is 38.3. The lowest BCUT2D eigenvalue weighted by Crippen LogP contribution is -2.52. The highest BCUT2D eigenvalue weighted by Gasteiger charge is 2.51. The number of H-pyrrole nitrogens is 1. The van der Waals surface area contributed by atoms with E-state index in [-0.39, 0.29) is 43.7 Å². The summed E-state index contributed by atoms with van der Waals surface area (Å²) >= 11 is 0. The van der Waals surface area contributed by atoms with E-state index < -0.39 is 54.3 Å². The third kappa shape index (κ3) is 7.68. The van der Waals surface area contributed by atoms with Crippen LogP contribution in [0.2, 0.25) is 0 Å². The van der Waals surface area contributed by atoms with Crippen molar-refractivity contribution >= 4 is 30.7 Å². The molecular weight excluding hydrogens is 668 g/mol. The molecular formula is C38H49BFN5O7. The topological polar surface area (TPSA) is 135 Å². The van der Waals surface area contributed by atoms with Gasteiger partial charge in [-0.15, -0.1) is 0 Å². The highest BCUT2D eigenvalue weighted by molar-refractivity contribution is 6.62. The summed E-state index contributed by atoms with van der Waals surface area (Å²) in [5.41, 5.74) is 1.92. The first-order valence-corrected chi connectivity index (χ1v) is 17.8. The molecule has 0 bridgehead atoms. The first-order chi connectivity index (χ1) is 24.3.